The summed E-state index contributed by atoms with van der Waals surface area (Å²) in [5, 5.41) is 5.83. The highest BCUT2D eigenvalue weighted by Crippen LogP contribution is 2.30. The van der Waals surface area contributed by atoms with Crippen molar-refractivity contribution in [2.75, 3.05) is 5.32 Å². The van der Waals surface area contributed by atoms with Crippen molar-refractivity contribution in [2.24, 2.45) is 0 Å². The number of amides is 1. The summed E-state index contributed by atoms with van der Waals surface area (Å²) in [7, 11) is 0. The second kappa shape index (κ2) is 7.27. The molecule has 2 aromatic heterocycles. The van der Waals surface area contributed by atoms with Crippen LogP contribution in [0.1, 0.15) is 10.6 Å². The number of carbonyl (C=O) groups excluding carboxylic acids is 1. The van der Waals surface area contributed by atoms with Crippen LogP contribution in [0, 0.1) is 0 Å². The minimum Gasteiger partial charge on any atom is -0.444 e. The smallest absolute Gasteiger partial charge is 0.291 e. The van der Waals surface area contributed by atoms with Gasteiger partial charge in [-0.3, -0.25) is 4.79 Å². The Kier molecular flexibility index (Phi) is 4.69. The van der Waals surface area contributed by atoms with Crippen LogP contribution in [0.25, 0.3) is 21.8 Å². The molecule has 4 rings (SSSR count). The number of halogens is 1. The fourth-order valence-corrected chi connectivity index (χ4v) is 3.65. The first-order chi connectivity index (χ1) is 12.7. The third-order valence-electron chi connectivity index (χ3n) is 3.74. The van der Waals surface area contributed by atoms with E-state index in [1.165, 1.54) is 0 Å². The summed E-state index contributed by atoms with van der Waals surface area (Å²) in [6.45, 7) is 0. The first-order valence-corrected chi connectivity index (χ1v) is 9.54. The second-order valence-electron chi connectivity index (χ2n) is 5.54. The third kappa shape index (κ3) is 3.61. The van der Waals surface area contributed by atoms with E-state index in [4.69, 9.17) is 9.40 Å². The number of carbonyl (C=O) groups is 1. The van der Waals surface area contributed by atoms with E-state index in [0.29, 0.717) is 10.4 Å². The highest BCUT2D eigenvalue weighted by Gasteiger charge is 2.12. The summed E-state index contributed by atoms with van der Waals surface area (Å²) in [5.74, 6) is -0.0431. The highest BCUT2D eigenvalue weighted by molar-refractivity contribution is 9.10. The van der Waals surface area contributed by atoms with E-state index in [1.54, 1.807) is 23.5 Å². The Bertz CT molecular complexity index is 1060. The zero-order valence-corrected chi connectivity index (χ0v) is 15.9. The second-order valence-corrected chi connectivity index (χ2v) is 7.18. The van der Waals surface area contributed by atoms with Gasteiger partial charge in [0.25, 0.3) is 5.91 Å². The predicted molar refractivity (Wildman–Crippen MR) is 107 cm³/mol. The Hall–Kier alpha value is -2.70. The van der Waals surface area contributed by atoms with Gasteiger partial charge in [-0.2, -0.15) is 0 Å². The van der Waals surface area contributed by atoms with Crippen molar-refractivity contribution in [3.63, 3.8) is 0 Å². The molecule has 2 aromatic carbocycles. The maximum Gasteiger partial charge on any atom is 0.291 e. The van der Waals surface area contributed by atoms with E-state index in [1.807, 2.05) is 60.0 Å². The molecule has 0 aliphatic rings. The summed E-state index contributed by atoms with van der Waals surface area (Å²) in [4.78, 5) is 16.9. The van der Waals surface area contributed by atoms with Crippen LogP contribution in [0.15, 0.2) is 81.2 Å². The van der Waals surface area contributed by atoms with Gasteiger partial charge in [-0.05, 0) is 40.2 Å². The molecule has 0 saturated carbocycles. The van der Waals surface area contributed by atoms with Crippen molar-refractivity contribution in [1.82, 2.24) is 4.98 Å². The van der Waals surface area contributed by atoms with Gasteiger partial charge in [0, 0.05) is 22.2 Å². The maximum atomic E-state index is 12.2. The van der Waals surface area contributed by atoms with Crippen molar-refractivity contribution in [3.05, 3.63) is 82.5 Å². The Labute approximate surface area is 162 Å². The van der Waals surface area contributed by atoms with Crippen LogP contribution in [0.2, 0.25) is 0 Å². The third-order valence-corrected chi connectivity index (χ3v) is 5.06. The molecule has 0 bridgehead atoms. The van der Waals surface area contributed by atoms with E-state index >= 15 is 0 Å². The lowest BCUT2D eigenvalue weighted by Gasteiger charge is -2.05. The molecule has 4 aromatic rings. The summed E-state index contributed by atoms with van der Waals surface area (Å²) >= 11 is 4.79. The molecule has 0 fully saturated rings. The van der Waals surface area contributed by atoms with E-state index in [0.717, 1.165) is 21.8 Å². The number of nitrogens with one attached hydrogen (secondary N) is 1. The molecule has 0 unspecified atom stereocenters. The monoisotopic (exact) mass is 424 g/mol. The molecule has 4 nitrogen and oxygen atoms in total. The molecule has 2 heterocycles. The van der Waals surface area contributed by atoms with Crippen LogP contribution in [0.4, 0.5) is 5.69 Å². The van der Waals surface area contributed by atoms with Gasteiger partial charge in [0.2, 0.25) is 0 Å². The number of anilines is 1. The average Bonchev–Trinajstić information content (AvgIpc) is 3.32. The van der Waals surface area contributed by atoms with Gasteiger partial charge in [-0.25, -0.2) is 4.98 Å². The molecule has 6 heteroatoms. The molecule has 0 atom stereocenters. The lowest BCUT2D eigenvalue weighted by molar-refractivity contribution is 0.0995. The first kappa shape index (κ1) is 16.8. The Morgan fingerprint density at radius 3 is 2.58 bits per heavy atom. The maximum absolute atomic E-state index is 12.2. The Balaban J connectivity index is 1.56. The summed E-state index contributed by atoms with van der Waals surface area (Å²) in [6.07, 6.45) is 0. The molecule has 1 N–H and O–H groups in total. The number of furan rings is 1. The number of thiazole rings is 1. The van der Waals surface area contributed by atoms with Crippen molar-refractivity contribution >= 4 is 38.9 Å². The molecule has 0 saturated heterocycles. The standard InChI is InChI=1S/C20H13BrN2O2S/c21-18-10-9-17(25-18)19(24)22-15-8-4-7-14(11-15)16-12-26-20(23-16)13-5-2-1-3-6-13/h1-12H,(H,22,24). The van der Waals surface area contributed by atoms with Crippen molar-refractivity contribution in [1.29, 1.82) is 0 Å². The minimum atomic E-state index is -0.295. The molecular weight excluding hydrogens is 412 g/mol. The van der Waals surface area contributed by atoms with Gasteiger partial charge in [0.1, 0.15) is 5.01 Å². The average molecular weight is 425 g/mol. The SMILES string of the molecule is O=C(Nc1cccc(-c2csc(-c3ccccc3)n2)c1)c1ccc(Br)o1. The number of hydrogen-bond acceptors (Lipinski definition) is 4. The fourth-order valence-electron chi connectivity index (χ4n) is 2.50. The van der Waals surface area contributed by atoms with Crippen molar-refractivity contribution in [3.8, 4) is 21.8 Å². The molecule has 0 aliphatic heterocycles. The van der Waals surface area contributed by atoms with Gasteiger partial charge >= 0.3 is 0 Å². The van der Waals surface area contributed by atoms with E-state index in [9.17, 15) is 4.79 Å². The lowest BCUT2D eigenvalue weighted by atomic mass is 10.1. The number of rotatable bonds is 4. The van der Waals surface area contributed by atoms with Crippen LogP contribution in [-0.2, 0) is 0 Å². The van der Waals surface area contributed by atoms with Gasteiger partial charge in [-0.15, -0.1) is 11.3 Å². The van der Waals surface area contributed by atoms with Gasteiger partial charge in [-0.1, -0.05) is 42.5 Å². The van der Waals surface area contributed by atoms with Crippen LogP contribution in [-0.4, -0.2) is 10.9 Å². The van der Waals surface area contributed by atoms with E-state index in [-0.39, 0.29) is 11.7 Å². The Morgan fingerprint density at radius 2 is 1.81 bits per heavy atom. The number of aromatic nitrogens is 1. The first-order valence-electron chi connectivity index (χ1n) is 7.87. The van der Waals surface area contributed by atoms with Gasteiger partial charge < -0.3 is 9.73 Å². The number of nitrogens with zero attached hydrogens (tertiary/aromatic N) is 1. The molecule has 26 heavy (non-hydrogen) atoms. The van der Waals surface area contributed by atoms with Gasteiger partial charge in [0.05, 0.1) is 5.69 Å². The highest BCUT2D eigenvalue weighted by atomic mass is 79.9. The normalized spacial score (nSPS) is 10.7. The largest absolute Gasteiger partial charge is 0.444 e. The van der Waals surface area contributed by atoms with Crippen LogP contribution < -0.4 is 5.32 Å². The fraction of sp³-hybridized carbons (Fsp3) is 0. The lowest BCUT2D eigenvalue weighted by Crippen LogP contribution is -2.10. The van der Waals surface area contributed by atoms with Crippen molar-refractivity contribution < 1.29 is 9.21 Å². The molecule has 128 valence electrons. The molecule has 0 radical (unpaired) electrons. The van der Waals surface area contributed by atoms with Crippen LogP contribution in [0.3, 0.4) is 0 Å². The molecular formula is C20H13BrN2O2S. The molecule has 0 aliphatic carbocycles. The number of benzene rings is 2. The zero-order valence-electron chi connectivity index (χ0n) is 13.5. The van der Waals surface area contributed by atoms with Crippen LogP contribution in [0.5, 0.6) is 0 Å². The van der Waals surface area contributed by atoms with Crippen LogP contribution >= 0.6 is 27.3 Å². The summed E-state index contributed by atoms with van der Waals surface area (Å²) in [6, 6.07) is 21.0. The predicted octanol–water partition coefficient (Wildman–Crippen LogP) is 6.08. The Morgan fingerprint density at radius 1 is 1.00 bits per heavy atom. The molecule has 0 spiro atoms. The van der Waals surface area contributed by atoms with Crippen molar-refractivity contribution in [2.45, 2.75) is 0 Å². The summed E-state index contributed by atoms with van der Waals surface area (Å²) in [5.41, 5.74) is 3.61. The van der Waals surface area contributed by atoms with E-state index in [2.05, 4.69) is 21.2 Å². The summed E-state index contributed by atoms with van der Waals surface area (Å²) < 4.78 is 5.80. The zero-order chi connectivity index (χ0) is 17.9. The quantitative estimate of drug-likeness (QED) is 0.431. The minimum absolute atomic E-state index is 0.252. The van der Waals surface area contributed by atoms with E-state index < -0.39 is 0 Å². The topological polar surface area (TPSA) is 55.1 Å². The molecule has 1 amide bonds. The van der Waals surface area contributed by atoms with Gasteiger partial charge in [0.15, 0.2) is 10.4 Å². The number of hydrogen-bond donors (Lipinski definition) is 1.